The first-order chi connectivity index (χ1) is 7.02. The second-order valence-electron chi connectivity index (χ2n) is 3.56. The van der Waals surface area contributed by atoms with Crippen molar-refractivity contribution >= 4 is 14.1 Å². The van der Waals surface area contributed by atoms with Crippen LogP contribution in [-0.2, 0) is 4.57 Å². The van der Waals surface area contributed by atoms with E-state index >= 15 is 0 Å². The highest BCUT2D eigenvalue weighted by atomic mass is 16.4. The fraction of sp³-hybridized carbons (Fsp3) is 0.600. The predicted octanol–water partition coefficient (Wildman–Crippen LogP) is 0.228. The van der Waals surface area contributed by atoms with E-state index in [9.17, 15) is 0 Å². The standard InChI is InChI=1S/C10H18B2N2O/c1-7-9-11(13(3)4)15-12(10-8-2)14(5)6/h1-6H3. The molecule has 0 saturated carbocycles. The molecule has 0 amide bonds. The second-order valence-corrected chi connectivity index (χ2v) is 3.56. The molecule has 0 atom stereocenters. The minimum atomic E-state index is -0.219. The average molecular weight is 204 g/mol. The summed E-state index contributed by atoms with van der Waals surface area (Å²) >= 11 is 0. The Kier molecular flexibility index (Phi) is 6.99. The SMILES string of the molecule is CC#CB(OB(C#CC)N(C)C)N(C)C. The third-order valence-electron chi connectivity index (χ3n) is 1.73. The van der Waals surface area contributed by atoms with Crippen molar-refractivity contribution in [3.05, 3.63) is 0 Å². The molecule has 80 valence electrons. The van der Waals surface area contributed by atoms with E-state index in [-0.39, 0.29) is 14.1 Å². The van der Waals surface area contributed by atoms with Crippen LogP contribution in [0.4, 0.5) is 0 Å². The van der Waals surface area contributed by atoms with E-state index in [0.717, 1.165) is 0 Å². The maximum absolute atomic E-state index is 5.76. The highest BCUT2D eigenvalue weighted by molar-refractivity contribution is 6.71. The molecule has 0 bridgehead atoms. The van der Waals surface area contributed by atoms with Crippen molar-refractivity contribution in [1.29, 1.82) is 0 Å². The topological polar surface area (TPSA) is 15.7 Å². The molecular weight excluding hydrogens is 186 g/mol. The van der Waals surface area contributed by atoms with Crippen molar-refractivity contribution in [3.8, 4) is 23.5 Å². The van der Waals surface area contributed by atoms with Crippen LogP contribution in [0.1, 0.15) is 13.8 Å². The Morgan fingerprint density at radius 1 is 0.800 bits per heavy atom. The first-order valence-corrected chi connectivity index (χ1v) is 4.85. The maximum Gasteiger partial charge on any atom is 0.459 e. The smallest absolute Gasteiger partial charge is 0.451 e. The van der Waals surface area contributed by atoms with Gasteiger partial charge in [-0.2, -0.15) is 0 Å². The summed E-state index contributed by atoms with van der Waals surface area (Å²) in [5, 5.41) is 0. The summed E-state index contributed by atoms with van der Waals surface area (Å²) in [5.74, 6) is 11.7. The summed E-state index contributed by atoms with van der Waals surface area (Å²) in [7, 11) is 7.29. The highest BCUT2D eigenvalue weighted by Gasteiger charge is 2.26. The van der Waals surface area contributed by atoms with Crippen LogP contribution >= 0.6 is 0 Å². The third kappa shape index (κ3) is 5.54. The summed E-state index contributed by atoms with van der Waals surface area (Å²) in [6, 6.07) is 0. The number of hydrogen-bond acceptors (Lipinski definition) is 3. The zero-order valence-corrected chi connectivity index (χ0v) is 10.5. The van der Waals surface area contributed by atoms with Gasteiger partial charge in [0.15, 0.2) is 0 Å². The summed E-state index contributed by atoms with van der Waals surface area (Å²) in [4.78, 5) is 3.84. The zero-order valence-electron chi connectivity index (χ0n) is 10.5. The number of nitrogens with zero attached hydrogens (tertiary/aromatic N) is 2. The van der Waals surface area contributed by atoms with Gasteiger partial charge in [0.1, 0.15) is 0 Å². The van der Waals surface area contributed by atoms with Crippen LogP contribution in [0.2, 0.25) is 0 Å². The zero-order chi connectivity index (χ0) is 11.8. The van der Waals surface area contributed by atoms with Gasteiger partial charge in [-0.1, -0.05) is 11.6 Å². The largest absolute Gasteiger partial charge is 0.459 e. The molecule has 5 heteroatoms. The van der Waals surface area contributed by atoms with Gasteiger partial charge in [-0.3, -0.25) is 0 Å². The van der Waals surface area contributed by atoms with Gasteiger partial charge in [0.2, 0.25) is 0 Å². The average Bonchev–Trinajstić information content (AvgIpc) is 2.15. The van der Waals surface area contributed by atoms with Crippen molar-refractivity contribution in [2.75, 3.05) is 28.2 Å². The van der Waals surface area contributed by atoms with Crippen molar-refractivity contribution in [3.63, 3.8) is 0 Å². The summed E-state index contributed by atoms with van der Waals surface area (Å²) in [6.45, 7) is 3.60. The molecule has 0 N–H and O–H groups in total. The van der Waals surface area contributed by atoms with Crippen LogP contribution in [0.25, 0.3) is 0 Å². The lowest BCUT2D eigenvalue weighted by molar-refractivity contribution is 0.445. The van der Waals surface area contributed by atoms with Gasteiger partial charge in [0.05, 0.1) is 0 Å². The minimum Gasteiger partial charge on any atom is -0.451 e. The molecule has 0 aromatic carbocycles. The van der Waals surface area contributed by atoms with Crippen LogP contribution in [0.5, 0.6) is 0 Å². The minimum absolute atomic E-state index is 0.219. The molecule has 0 radical (unpaired) electrons. The quantitative estimate of drug-likeness (QED) is 0.481. The van der Waals surface area contributed by atoms with Gasteiger partial charge in [-0.25, -0.2) is 0 Å². The summed E-state index contributed by atoms with van der Waals surface area (Å²) in [6.07, 6.45) is 0. The molecule has 0 heterocycles. The van der Waals surface area contributed by atoms with E-state index in [4.69, 9.17) is 4.57 Å². The van der Waals surface area contributed by atoms with E-state index in [1.807, 2.05) is 37.8 Å². The summed E-state index contributed by atoms with van der Waals surface area (Å²) in [5.41, 5.74) is 0. The molecule has 0 aromatic rings. The van der Waals surface area contributed by atoms with Crippen molar-refractivity contribution < 1.29 is 4.57 Å². The van der Waals surface area contributed by atoms with Crippen LogP contribution in [-0.4, -0.2) is 51.9 Å². The van der Waals surface area contributed by atoms with Crippen molar-refractivity contribution in [2.45, 2.75) is 13.8 Å². The molecule has 0 unspecified atom stereocenters. The molecule has 0 saturated heterocycles. The highest BCUT2D eigenvalue weighted by Crippen LogP contribution is 1.95. The fourth-order valence-corrected chi connectivity index (χ4v) is 0.939. The fourth-order valence-electron chi connectivity index (χ4n) is 0.939. The van der Waals surface area contributed by atoms with Crippen LogP contribution < -0.4 is 0 Å². The summed E-state index contributed by atoms with van der Waals surface area (Å²) < 4.78 is 5.76. The first kappa shape index (κ1) is 14.1. The van der Waals surface area contributed by atoms with E-state index in [2.05, 4.69) is 23.5 Å². The maximum atomic E-state index is 5.76. The van der Waals surface area contributed by atoms with Gasteiger partial charge in [0, 0.05) is 0 Å². The molecule has 0 spiro atoms. The Labute approximate surface area is 94.4 Å². The van der Waals surface area contributed by atoms with Gasteiger partial charge in [-0.15, -0.1) is 11.8 Å². The van der Waals surface area contributed by atoms with E-state index in [0.29, 0.717) is 0 Å². The Morgan fingerprint density at radius 3 is 1.33 bits per heavy atom. The normalized spacial score (nSPS) is 9.07. The Bertz CT molecular complexity index is 266. The molecule has 0 fully saturated rings. The van der Waals surface area contributed by atoms with E-state index in [1.54, 1.807) is 13.8 Å². The monoisotopic (exact) mass is 204 g/mol. The van der Waals surface area contributed by atoms with Crippen molar-refractivity contribution in [2.24, 2.45) is 0 Å². The molecule has 0 aliphatic rings. The Balaban J connectivity index is 4.56. The Hall–Kier alpha value is -0.870. The molecule has 0 aliphatic carbocycles. The van der Waals surface area contributed by atoms with E-state index in [1.165, 1.54) is 0 Å². The molecule has 3 nitrogen and oxygen atoms in total. The lowest BCUT2D eigenvalue weighted by atomic mass is 9.73. The Morgan fingerprint density at radius 2 is 1.13 bits per heavy atom. The first-order valence-electron chi connectivity index (χ1n) is 4.85. The molecular formula is C10H18B2N2O. The van der Waals surface area contributed by atoms with Gasteiger partial charge in [0.25, 0.3) is 0 Å². The number of hydrogen-bond donors (Lipinski definition) is 0. The molecule has 15 heavy (non-hydrogen) atoms. The lowest BCUT2D eigenvalue weighted by Crippen LogP contribution is -2.45. The van der Waals surface area contributed by atoms with Gasteiger partial charge in [-0.05, 0) is 42.0 Å². The van der Waals surface area contributed by atoms with Gasteiger partial charge >= 0.3 is 14.1 Å². The molecule has 0 rings (SSSR count). The van der Waals surface area contributed by atoms with Crippen molar-refractivity contribution in [1.82, 2.24) is 9.62 Å². The lowest BCUT2D eigenvalue weighted by Gasteiger charge is -2.21. The molecule has 0 aliphatic heterocycles. The van der Waals surface area contributed by atoms with Crippen LogP contribution in [0, 0.1) is 23.5 Å². The third-order valence-corrected chi connectivity index (χ3v) is 1.73. The van der Waals surface area contributed by atoms with E-state index < -0.39 is 0 Å². The predicted molar refractivity (Wildman–Crippen MR) is 66.9 cm³/mol. The second kappa shape index (κ2) is 7.43. The van der Waals surface area contributed by atoms with Gasteiger partial charge < -0.3 is 14.2 Å². The molecule has 0 aromatic heterocycles. The van der Waals surface area contributed by atoms with Crippen LogP contribution in [0.15, 0.2) is 0 Å². The van der Waals surface area contributed by atoms with Crippen LogP contribution in [0.3, 0.4) is 0 Å². The number of rotatable bonds is 4.